The molecule has 0 unspecified atom stereocenters. The van der Waals surface area contributed by atoms with Crippen molar-refractivity contribution in [2.24, 2.45) is 0 Å². The van der Waals surface area contributed by atoms with Gasteiger partial charge in [0.1, 0.15) is 0 Å². The Morgan fingerprint density at radius 1 is 1.24 bits per heavy atom. The topological polar surface area (TPSA) is 17.0 Å². The third-order valence-electron chi connectivity index (χ3n) is 2.94. The highest BCUT2D eigenvalue weighted by Gasteiger charge is 2.03. The molecule has 0 aliphatic heterocycles. The quantitative estimate of drug-likeness (QED) is 0.774. The van der Waals surface area contributed by atoms with Crippen molar-refractivity contribution in [1.29, 1.82) is 0 Å². The van der Waals surface area contributed by atoms with Gasteiger partial charge in [0.25, 0.3) is 0 Å². The standard InChI is InChI=1S/C14H19ClN2/c1-2-8-16-9-4-10-17-11-7-12-13(15)5-3-6-14(12)17/h3,5-7,11,16H,2,4,8-10H2,1H3. The second-order valence-corrected chi connectivity index (χ2v) is 4.69. The van der Waals surface area contributed by atoms with Gasteiger partial charge < -0.3 is 9.88 Å². The summed E-state index contributed by atoms with van der Waals surface area (Å²) in [5.41, 5.74) is 1.23. The van der Waals surface area contributed by atoms with Crippen LogP contribution in [0.1, 0.15) is 19.8 Å². The first kappa shape index (κ1) is 12.5. The molecule has 1 aromatic carbocycles. The van der Waals surface area contributed by atoms with Gasteiger partial charge in [0.05, 0.1) is 0 Å². The average molecular weight is 251 g/mol. The van der Waals surface area contributed by atoms with E-state index >= 15 is 0 Å². The third-order valence-corrected chi connectivity index (χ3v) is 3.27. The fraction of sp³-hybridized carbons (Fsp3) is 0.429. The minimum Gasteiger partial charge on any atom is -0.347 e. The number of hydrogen-bond acceptors (Lipinski definition) is 1. The SMILES string of the molecule is CCCNCCCn1ccc2c(Cl)cccc21. The zero-order valence-corrected chi connectivity index (χ0v) is 11.0. The van der Waals surface area contributed by atoms with E-state index < -0.39 is 0 Å². The summed E-state index contributed by atoms with van der Waals surface area (Å²) in [5, 5.41) is 5.40. The van der Waals surface area contributed by atoms with Gasteiger partial charge in [0.15, 0.2) is 0 Å². The van der Waals surface area contributed by atoms with Gasteiger partial charge in [-0.2, -0.15) is 0 Å². The normalized spacial score (nSPS) is 11.2. The molecular formula is C14H19ClN2. The van der Waals surface area contributed by atoms with Gasteiger partial charge in [-0.25, -0.2) is 0 Å². The Balaban J connectivity index is 1.97. The van der Waals surface area contributed by atoms with Crippen LogP contribution in [0.4, 0.5) is 0 Å². The summed E-state index contributed by atoms with van der Waals surface area (Å²) in [6.45, 7) is 5.42. The number of aryl methyl sites for hydroxylation is 1. The number of nitrogens with one attached hydrogen (secondary N) is 1. The van der Waals surface area contributed by atoms with Crippen molar-refractivity contribution in [3.63, 3.8) is 0 Å². The van der Waals surface area contributed by atoms with Crippen molar-refractivity contribution in [1.82, 2.24) is 9.88 Å². The lowest BCUT2D eigenvalue weighted by Gasteiger charge is -2.06. The van der Waals surface area contributed by atoms with Crippen LogP contribution in [-0.4, -0.2) is 17.7 Å². The molecule has 2 nitrogen and oxygen atoms in total. The molecule has 1 N–H and O–H groups in total. The van der Waals surface area contributed by atoms with E-state index in [9.17, 15) is 0 Å². The van der Waals surface area contributed by atoms with Crippen molar-refractivity contribution in [3.05, 3.63) is 35.5 Å². The van der Waals surface area contributed by atoms with Crippen LogP contribution in [0.25, 0.3) is 10.9 Å². The molecule has 1 heterocycles. The molecule has 0 spiro atoms. The molecule has 0 amide bonds. The summed E-state index contributed by atoms with van der Waals surface area (Å²) in [4.78, 5) is 0. The van der Waals surface area contributed by atoms with Gasteiger partial charge in [-0.15, -0.1) is 0 Å². The second-order valence-electron chi connectivity index (χ2n) is 4.29. The van der Waals surface area contributed by atoms with E-state index in [0.29, 0.717) is 0 Å². The van der Waals surface area contributed by atoms with Crippen LogP contribution in [0, 0.1) is 0 Å². The molecule has 3 heteroatoms. The number of halogens is 1. The van der Waals surface area contributed by atoms with Crippen LogP contribution in [0.3, 0.4) is 0 Å². The van der Waals surface area contributed by atoms with Crippen molar-refractivity contribution < 1.29 is 0 Å². The monoisotopic (exact) mass is 250 g/mol. The summed E-state index contributed by atoms with van der Waals surface area (Å²) < 4.78 is 2.27. The van der Waals surface area contributed by atoms with Gasteiger partial charge in [0.2, 0.25) is 0 Å². The van der Waals surface area contributed by atoms with Crippen molar-refractivity contribution in [3.8, 4) is 0 Å². The van der Waals surface area contributed by atoms with E-state index in [4.69, 9.17) is 11.6 Å². The molecule has 17 heavy (non-hydrogen) atoms. The first-order valence-electron chi connectivity index (χ1n) is 6.27. The number of benzene rings is 1. The van der Waals surface area contributed by atoms with E-state index in [0.717, 1.165) is 36.5 Å². The molecular weight excluding hydrogens is 232 g/mol. The minimum atomic E-state index is 0.838. The molecule has 0 aliphatic rings. The molecule has 0 saturated carbocycles. The first-order chi connectivity index (χ1) is 8.33. The van der Waals surface area contributed by atoms with E-state index in [-0.39, 0.29) is 0 Å². The Kier molecular flexibility index (Phi) is 4.46. The predicted octanol–water partition coefficient (Wildman–Crippen LogP) is 3.68. The van der Waals surface area contributed by atoms with Crippen LogP contribution in [0.2, 0.25) is 5.02 Å². The average Bonchev–Trinajstić information content (AvgIpc) is 2.74. The van der Waals surface area contributed by atoms with E-state index in [2.05, 4.69) is 35.1 Å². The number of rotatable bonds is 6. The lowest BCUT2D eigenvalue weighted by atomic mass is 10.2. The maximum atomic E-state index is 6.15. The zero-order valence-electron chi connectivity index (χ0n) is 10.2. The van der Waals surface area contributed by atoms with Crippen LogP contribution in [0.5, 0.6) is 0 Å². The van der Waals surface area contributed by atoms with Gasteiger partial charge in [0, 0.05) is 28.7 Å². The molecule has 0 saturated heterocycles. The summed E-state index contributed by atoms with van der Waals surface area (Å²) in [7, 11) is 0. The molecule has 1 aromatic heterocycles. The summed E-state index contributed by atoms with van der Waals surface area (Å²) >= 11 is 6.15. The van der Waals surface area contributed by atoms with Crippen molar-refractivity contribution in [2.75, 3.05) is 13.1 Å². The van der Waals surface area contributed by atoms with E-state index in [1.165, 1.54) is 11.9 Å². The van der Waals surface area contributed by atoms with E-state index in [1.807, 2.05) is 12.1 Å². The van der Waals surface area contributed by atoms with Gasteiger partial charge in [-0.3, -0.25) is 0 Å². The predicted molar refractivity (Wildman–Crippen MR) is 74.7 cm³/mol. The first-order valence-corrected chi connectivity index (χ1v) is 6.65. The van der Waals surface area contributed by atoms with Crippen LogP contribution >= 0.6 is 11.6 Å². The highest BCUT2D eigenvalue weighted by atomic mass is 35.5. The fourth-order valence-corrected chi connectivity index (χ4v) is 2.29. The highest BCUT2D eigenvalue weighted by molar-refractivity contribution is 6.35. The Morgan fingerprint density at radius 3 is 2.94 bits per heavy atom. The van der Waals surface area contributed by atoms with Crippen LogP contribution in [-0.2, 0) is 6.54 Å². The molecule has 0 bridgehead atoms. The Morgan fingerprint density at radius 2 is 2.12 bits per heavy atom. The highest BCUT2D eigenvalue weighted by Crippen LogP contribution is 2.24. The molecule has 0 aliphatic carbocycles. The summed E-state index contributed by atoms with van der Waals surface area (Å²) in [6, 6.07) is 8.17. The largest absolute Gasteiger partial charge is 0.347 e. The van der Waals surface area contributed by atoms with Crippen molar-refractivity contribution in [2.45, 2.75) is 26.3 Å². The van der Waals surface area contributed by atoms with Gasteiger partial charge in [-0.1, -0.05) is 24.6 Å². The lowest BCUT2D eigenvalue weighted by Crippen LogP contribution is -2.17. The summed E-state index contributed by atoms with van der Waals surface area (Å²) in [5.74, 6) is 0. The number of fused-ring (bicyclic) bond motifs is 1. The number of nitrogens with zero attached hydrogens (tertiary/aromatic N) is 1. The smallest absolute Gasteiger partial charge is 0.0499 e. The van der Waals surface area contributed by atoms with Gasteiger partial charge >= 0.3 is 0 Å². The van der Waals surface area contributed by atoms with Crippen molar-refractivity contribution >= 4 is 22.5 Å². The Labute approximate surface area is 108 Å². The number of aromatic nitrogens is 1. The molecule has 2 rings (SSSR count). The summed E-state index contributed by atoms with van der Waals surface area (Å²) in [6.07, 6.45) is 4.47. The maximum absolute atomic E-state index is 6.15. The Bertz CT molecular complexity index is 476. The molecule has 92 valence electrons. The van der Waals surface area contributed by atoms with Gasteiger partial charge in [-0.05, 0) is 44.1 Å². The number of hydrogen-bond donors (Lipinski definition) is 1. The Hall–Kier alpha value is -0.990. The maximum Gasteiger partial charge on any atom is 0.0499 e. The van der Waals surface area contributed by atoms with E-state index in [1.54, 1.807) is 0 Å². The van der Waals surface area contributed by atoms with Crippen LogP contribution in [0.15, 0.2) is 30.5 Å². The van der Waals surface area contributed by atoms with Crippen LogP contribution < -0.4 is 5.32 Å². The molecule has 2 aromatic rings. The zero-order chi connectivity index (χ0) is 12.1. The fourth-order valence-electron chi connectivity index (χ4n) is 2.06. The lowest BCUT2D eigenvalue weighted by molar-refractivity contribution is 0.587. The molecule has 0 fully saturated rings. The third kappa shape index (κ3) is 3.02. The minimum absolute atomic E-state index is 0.838. The molecule has 0 atom stereocenters. The second kappa shape index (κ2) is 6.08. The molecule has 0 radical (unpaired) electrons.